The second-order valence-electron chi connectivity index (χ2n) is 6.23. The highest BCUT2D eigenvalue weighted by Crippen LogP contribution is 2.23. The second kappa shape index (κ2) is 6.95. The monoisotopic (exact) mass is 334 g/mol. The summed E-state index contributed by atoms with van der Waals surface area (Å²) in [6, 6.07) is 20.4. The Morgan fingerprint density at radius 2 is 1.48 bits per heavy atom. The lowest BCUT2D eigenvalue weighted by Gasteiger charge is -2.23. The zero-order valence-electron chi connectivity index (χ0n) is 14.7. The van der Waals surface area contributed by atoms with Gasteiger partial charge in [-0.25, -0.2) is 5.06 Å². The summed E-state index contributed by atoms with van der Waals surface area (Å²) in [7, 11) is 0. The number of aryl methyl sites for hydroxylation is 2. The normalized spacial score (nSPS) is 12.0. The number of carbonyl (C=O) groups is 1. The van der Waals surface area contributed by atoms with Gasteiger partial charge in [-0.1, -0.05) is 30.3 Å². The number of hydrogen-bond donors (Lipinski definition) is 1. The Kier molecular flexibility index (Phi) is 4.72. The molecule has 0 aliphatic carbocycles. The molecule has 1 atom stereocenters. The zero-order chi connectivity index (χ0) is 18.0. The van der Waals surface area contributed by atoms with Crippen molar-refractivity contribution in [1.29, 1.82) is 0 Å². The Labute approximate surface area is 147 Å². The van der Waals surface area contributed by atoms with Crippen LogP contribution in [-0.2, 0) is 0 Å². The van der Waals surface area contributed by atoms with E-state index in [1.807, 2.05) is 37.3 Å². The summed E-state index contributed by atoms with van der Waals surface area (Å²) in [6.45, 7) is 5.94. The molecule has 1 heterocycles. The van der Waals surface area contributed by atoms with E-state index in [1.54, 1.807) is 24.3 Å². The number of aromatic nitrogens is 1. The van der Waals surface area contributed by atoms with Crippen molar-refractivity contribution in [2.24, 2.45) is 0 Å². The first-order chi connectivity index (χ1) is 12.0. The molecular weight excluding hydrogens is 312 g/mol. The molecule has 3 aromatic rings. The quantitative estimate of drug-likeness (QED) is 0.556. The molecule has 3 rings (SSSR count). The lowest BCUT2D eigenvalue weighted by molar-refractivity contribution is -0.0854. The molecule has 25 heavy (non-hydrogen) atoms. The molecule has 0 aliphatic heterocycles. The van der Waals surface area contributed by atoms with Crippen LogP contribution in [0.15, 0.2) is 66.7 Å². The van der Waals surface area contributed by atoms with Crippen LogP contribution in [0.4, 0.5) is 0 Å². The average Bonchev–Trinajstić information content (AvgIpc) is 2.99. The molecule has 1 N–H and O–H groups in total. The molecule has 1 amide bonds. The topological polar surface area (TPSA) is 45.5 Å². The van der Waals surface area contributed by atoms with Gasteiger partial charge in [0.2, 0.25) is 0 Å². The van der Waals surface area contributed by atoms with Crippen molar-refractivity contribution < 1.29 is 10.0 Å². The second-order valence-corrected chi connectivity index (χ2v) is 6.23. The van der Waals surface area contributed by atoms with Crippen molar-refractivity contribution in [3.8, 4) is 5.69 Å². The average molecular weight is 334 g/mol. The number of hydrogen-bond acceptors (Lipinski definition) is 2. The first kappa shape index (κ1) is 17.0. The highest BCUT2D eigenvalue weighted by atomic mass is 16.5. The number of rotatable bonds is 4. The summed E-state index contributed by atoms with van der Waals surface area (Å²) in [5.41, 5.74) is 4.74. The van der Waals surface area contributed by atoms with Gasteiger partial charge < -0.3 is 4.57 Å². The van der Waals surface area contributed by atoms with Gasteiger partial charge in [0.05, 0.1) is 6.04 Å². The van der Waals surface area contributed by atoms with Crippen LogP contribution in [0.1, 0.15) is 40.3 Å². The Balaban J connectivity index is 1.81. The molecule has 0 spiro atoms. The molecule has 1 unspecified atom stereocenters. The van der Waals surface area contributed by atoms with E-state index >= 15 is 0 Å². The minimum atomic E-state index is -0.436. The molecule has 2 aromatic carbocycles. The lowest BCUT2D eigenvalue weighted by atomic mass is 10.1. The van der Waals surface area contributed by atoms with Gasteiger partial charge in [0, 0.05) is 22.6 Å². The molecule has 128 valence electrons. The maximum Gasteiger partial charge on any atom is 0.277 e. The van der Waals surface area contributed by atoms with Crippen LogP contribution >= 0.6 is 0 Å². The van der Waals surface area contributed by atoms with E-state index in [1.165, 1.54) is 11.4 Å². The summed E-state index contributed by atoms with van der Waals surface area (Å²) in [5, 5.41) is 11.1. The van der Waals surface area contributed by atoms with Crippen LogP contribution in [-0.4, -0.2) is 20.7 Å². The summed E-state index contributed by atoms with van der Waals surface area (Å²) >= 11 is 0. The smallest absolute Gasteiger partial charge is 0.277 e. The first-order valence-electron chi connectivity index (χ1n) is 8.32. The van der Waals surface area contributed by atoms with Crippen LogP contribution in [0.3, 0.4) is 0 Å². The third-order valence-corrected chi connectivity index (χ3v) is 4.50. The third-order valence-electron chi connectivity index (χ3n) is 4.50. The van der Waals surface area contributed by atoms with Gasteiger partial charge in [-0.2, -0.15) is 0 Å². The number of nitrogens with zero attached hydrogens (tertiary/aromatic N) is 2. The molecule has 0 aliphatic rings. The lowest BCUT2D eigenvalue weighted by Crippen LogP contribution is -2.30. The highest BCUT2D eigenvalue weighted by molar-refractivity contribution is 5.93. The predicted molar refractivity (Wildman–Crippen MR) is 98.1 cm³/mol. The molecule has 0 radical (unpaired) electrons. The Morgan fingerprint density at radius 3 is 2.04 bits per heavy atom. The maximum absolute atomic E-state index is 12.4. The van der Waals surface area contributed by atoms with Crippen LogP contribution < -0.4 is 0 Å². The van der Waals surface area contributed by atoms with E-state index in [0.29, 0.717) is 5.56 Å². The Hall–Kier alpha value is -2.85. The number of amides is 1. The van der Waals surface area contributed by atoms with Crippen LogP contribution in [0.25, 0.3) is 5.69 Å². The summed E-state index contributed by atoms with van der Waals surface area (Å²) in [6.07, 6.45) is 0. The molecule has 0 fully saturated rings. The summed E-state index contributed by atoms with van der Waals surface area (Å²) in [5.74, 6) is -0.408. The molecular formula is C21H22N2O2. The number of hydroxylamine groups is 2. The maximum atomic E-state index is 12.4. The fourth-order valence-corrected chi connectivity index (χ4v) is 3.01. The van der Waals surface area contributed by atoms with Gasteiger partial charge in [0.15, 0.2) is 0 Å². The van der Waals surface area contributed by atoms with Gasteiger partial charge in [0.25, 0.3) is 5.91 Å². The SMILES string of the molecule is Cc1ccc(C)n1-c1ccc(C(C)N(O)C(=O)c2ccccc2)cc1. The van der Waals surface area contributed by atoms with Gasteiger partial charge >= 0.3 is 0 Å². The fraction of sp³-hybridized carbons (Fsp3) is 0.190. The van der Waals surface area contributed by atoms with Gasteiger partial charge in [-0.15, -0.1) is 0 Å². The van der Waals surface area contributed by atoms with Crippen LogP contribution in [0.2, 0.25) is 0 Å². The van der Waals surface area contributed by atoms with E-state index in [-0.39, 0.29) is 0 Å². The van der Waals surface area contributed by atoms with Crippen LogP contribution in [0, 0.1) is 13.8 Å². The van der Waals surface area contributed by atoms with Crippen LogP contribution in [0.5, 0.6) is 0 Å². The first-order valence-corrected chi connectivity index (χ1v) is 8.32. The van der Waals surface area contributed by atoms with E-state index in [9.17, 15) is 10.0 Å². The molecule has 0 saturated carbocycles. The summed E-state index contributed by atoms with van der Waals surface area (Å²) < 4.78 is 2.17. The predicted octanol–water partition coefficient (Wildman–Crippen LogP) is 4.69. The highest BCUT2D eigenvalue weighted by Gasteiger charge is 2.21. The number of benzene rings is 2. The molecule has 1 aromatic heterocycles. The van der Waals surface area contributed by atoms with E-state index in [4.69, 9.17) is 0 Å². The van der Waals surface area contributed by atoms with E-state index in [2.05, 4.69) is 30.5 Å². The van der Waals surface area contributed by atoms with E-state index < -0.39 is 11.9 Å². The van der Waals surface area contributed by atoms with Crippen molar-refractivity contribution in [2.45, 2.75) is 26.8 Å². The molecule has 0 saturated heterocycles. The zero-order valence-corrected chi connectivity index (χ0v) is 14.7. The number of carbonyl (C=O) groups excluding carboxylic acids is 1. The minimum absolute atomic E-state index is 0.408. The van der Waals surface area contributed by atoms with Gasteiger partial charge in [-0.05, 0) is 62.7 Å². The summed E-state index contributed by atoms with van der Waals surface area (Å²) in [4.78, 5) is 12.4. The Bertz CT molecular complexity index is 847. The Morgan fingerprint density at radius 1 is 0.920 bits per heavy atom. The van der Waals surface area contributed by atoms with E-state index in [0.717, 1.165) is 16.3 Å². The van der Waals surface area contributed by atoms with Crippen molar-refractivity contribution in [3.63, 3.8) is 0 Å². The van der Waals surface area contributed by atoms with Crippen molar-refractivity contribution in [1.82, 2.24) is 9.63 Å². The van der Waals surface area contributed by atoms with Gasteiger partial charge in [-0.3, -0.25) is 10.0 Å². The van der Waals surface area contributed by atoms with Crippen molar-refractivity contribution in [2.75, 3.05) is 0 Å². The largest absolute Gasteiger partial charge is 0.319 e. The van der Waals surface area contributed by atoms with Crippen molar-refractivity contribution in [3.05, 3.63) is 89.2 Å². The fourth-order valence-electron chi connectivity index (χ4n) is 3.01. The molecule has 4 heteroatoms. The molecule has 0 bridgehead atoms. The standard InChI is InChI=1S/C21H22N2O2/c1-15-9-10-16(2)22(15)20-13-11-18(12-14-20)17(3)23(25)21(24)19-7-5-4-6-8-19/h4-14,17,25H,1-3H3. The minimum Gasteiger partial charge on any atom is -0.319 e. The van der Waals surface area contributed by atoms with Crippen molar-refractivity contribution >= 4 is 5.91 Å². The molecule has 4 nitrogen and oxygen atoms in total. The third kappa shape index (κ3) is 3.35. The van der Waals surface area contributed by atoms with Gasteiger partial charge in [0.1, 0.15) is 0 Å².